The van der Waals surface area contributed by atoms with Crippen LogP contribution in [-0.4, -0.2) is 11.6 Å². The molecule has 0 fully saturated rings. The van der Waals surface area contributed by atoms with E-state index in [9.17, 15) is 0 Å². The van der Waals surface area contributed by atoms with Crippen molar-refractivity contribution >= 4 is 16.5 Å². The molecule has 2 N–H and O–H groups in total. The number of unbranched alkanes of at least 4 members (excludes halogenated alkanes) is 6. The fraction of sp³-hybridized carbons (Fsp3) is 0.500. The Morgan fingerprint density at radius 1 is 1.05 bits per heavy atom. The van der Waals surface area contributed by atoms with E-state index in [4.69, 9.17) is 10.5 Å². The van der Waals surface area contributed by atoms with Crippen LogP contribution in [0, 0.1) is 0 Å². The third-order valence-electron chi connectivity index (χ3n) is 3.69. The Kier molecular flexibility index (Phi) is 7.23. The van der Waals surface area contributed by atoms with Gasteiger partial charge in [0, 0.05) is 10.9 Å². The van der Waals surface area contributed by atoms with Gasteiger partial charge in [-0.3, -0.25) is 0 Å². The van der Waals surface area contributed by atoms with Gasteiger partial charge in [0.25, 0.3) is 0 Å². The Labute approximate surface area is 137 Å². The molecule has 1 heterocycles. The van der Waals surface area contributed by atoms with Gasteiger partial charge < -0.3 is 10.5 Å². The Morgan fingerprint density at radius 2 is 1.77 bits per heavy atom. The lowest BCUT2D eigenvalue weighted by atomic mass is 10.1. The Hall–Kier alpha value is -1.55. The van der Waals surface area contributed by atoms with E-state index in [-0.39, 0.29) is 0 Å². The summed E-state index contributed by atoms with van der Waals surface area (Å²) in [6, 6.07) is 8.05. The summed E-state index contributed by atoms with van der Waals surface area (Å²) in [6.07, 6.45) is 9.05. The van der Waals surface area contributed by atoms with Gasteiger partial charge in [-0.05, 0) is 18.6 Å². The zero-order valence-electron chi connectivity index (χ0n) is 13.4. The normalized spacial score (nSPS) is 10.8. The molecule has 0 unspecified atom stereocenters. The summed E-state index contributed by atoms with van der Waals surface area (Å²) < 4.78 is 5.95. The molecular formula is C18H26N2OS. The van der Waals surface area contributed by atoms with Crippen LogP contribution in [0.1, 0.15) is 51.9 Å². The minimum atomic E-state index is 0.594. The second-order valence-corrected chi connectivity index (χ2v) is 6.43. The molecule has 1 aromatic heterocycles. The maximum Gasteiger partial charge on any atom is 0.180 e. The molecule has 0 spiro atoms. The summed E-state index contributed by atoms with van der Waals surface area (Å²) >= 11 is 1.46. The fourth-order valence-electron chi connectivity index (χ4n) is 2.46. The first kappa shape index (κ1) is 16.8. The number of rotatable bonds is 10. The third-order valence-corrected chi connectivity index (χ3v) is 4.36. The number of thiazole rings is 1. The number of hydrogen-bond donors (Lipinski definition) is 1. The van der Waals surface area contributed by atoms with E-state index < -0.39 is 0 Å². The van der Waals surface area contributed by atoms with E-state index in [0.717, 1.165) is 30.0 Å². The smallest absolute Gasteiger partial charge is 0.180 e. The number of hydrogen-bond acceptors (Lipinski definition) is 4. The van der Waals surface area contributed by atoms with Crippen LogP contribution in [0.3, 0.4) is 0 Å². The van der Waals surface area contributed by atoms with Gasteiger partial charge in [0.2, 0.25) is 0 Å². The zero-order chi connectivity index (χ0) is 15.6. The van der Waals surface area contributed by atoms with Gasteiger partial charge in [-0.25, -0.2) is 4.98 Å². The number of benzene rings is 1. The summed E-state index contributed by atoms with van der Waals surface area (Å²) in [6.45, 7) is 3.02. The van der Waals surface area contributed by atoms with Gasteiger partial charge in [-0.1, -0.05) is 57.6 Å². The zero-order valence-corrected chi connectivity index (χ0v) is 14.2. The van der Waals surface area contributed by atoms with Gasteiger partial charge in [0.05, 0.1) is 12.3 Å². The number of ether oxygens (including phenoxy) is 1. The molecule has 0 aliphatic heterocycles. The maximum absolute atomic E-state index is 5.95. The van der Waals surface area contributed by atoms with Crippen LogP contribution in [0.25, 0.3) is 11.3 Å². The van der Waals surface area contributed by atoms with Crippen molar-refractivity contribution in [3.8, 4) is 17.0 Å². The molecule has 0 saturated heterocycles. The first-order chi connectivity index (χ1) is 10.8. The molecule has 2 rings (SSSR count). The van der Waals surface area contributed by atoms with Crippen LogP contribution < -0.4 is 10.5 Å². The van der Waals surface area contributed by atoms with Crippen LogP contribution >= 0.6 is 11.3 Å². The number of nitrogens with two attached hydrogens (primary N) is 1. The summed E-state index contributed by atoms with van der Waals surface area (Å²) in [5.74, 6) is 0.902. The monoisotopic (exact) mass is 318 g/mol. The molecular weight excluding hydrogens is 292 g/mol. The molecule has 0 aliphatic rings. The van der Waals surface area contributed by atoms with E-state index in [1.807, 2.05) is 29.6 Å². The molecule has 1 aromatic carbocycles. The van der Waals surface area contributed by atoms with E-state index in [1.165, 1.54) is 49.9 Å². The second kappa shape index (κ2) is 9.46. The predicted octanol–water partition coefficient (Wildman–Crippen LogP) is 5.52. The van der Waals surface area contributed by atoms with E-state index in [0.29, 0.717) is 5.13 Å². The first-order valence-electron chi connectivity index (χ1n) is 8.24. The lowest BCUT2D eigenvalue weighted by Gasteiger charge is -2.10. The van der Waals surface area contributed by atoms with Crippen LogP contribution in [0.15, 0.2) is 29.6 Å². The molecule has 3 nitrogen and oxygen atoms in total. The SMILES string of the molecule is CCCCCCCCCOc1ccccc1-c1csc(N)n1. The minimum absolute atomic E-state index is 0.594. The Balaban J connectivity index is 1.76. The summed E-state index contributed by atoms with van der Waals surface area (Å²) in [5, 5.41) is 2.57. The molecule has 120 valence electrons. The van der Waals surface area contributed by atoms with Gasteiger partial charge in [-0.2, -0.15) is 0 Å². The van der Waals surface area contributed by atoms with Gasteiger partial charge in [-0.15, -0.1) is 11.3 Å². The minimum Gasteiger partial charge on any atom is -0.493 e. The highest BCUT2D eigenvalue weighted by molar-refractivity contribution is 7.13. The molecule has 22 heavy (non-hydrogen) atoms. The lowest BCUT2D eigenvalue weighted by Crippen LogP contribution is -1.99. The number of aromatic nitrogens is 1. The van der Waals surface area contributed by atoms with Crippen molar-refractivity contribution in [1.29, 1.82) is 0 Å². The molecule has 0 aliphatic carbocycles. The molecule has 0 amide bonds. The van der Waals surface area contributed by atoms with Crippen molar-refractivity contribution in [1.82, 2.24) is 4.98 Å². The Morgan fingerprint density at radius 3 is 2.50 bits per heavy atom. The maximum atomic E-state index is 5.95. The highest BCUT2D eigenvalue weighted by Gasteiger charge is 2.08. The van der Waals surface area contributed by atoms with Gasteiger partial charge in [0.1, 0.15) is 5.75 Å². The van der Waals surface area contributed by atoms with Gasteiger partial charge >= 0.3 is 0 Å². The molecule has 2 aromatic rings. The molecule has 0 bridgehead atoms. The number of nitrogens with zero attached hydrogens (tertiary/aromatic N) is 1. The van der Waals surface area contributed by atoms with Gasteiger partial charge in [0.15, 0.2) is 5.13 Å². The molecule has 0 atom stereocenters. The topological polar surface area (TPSA) is 48.1 Å². The van der Waals surface area contributed by atoms with E-state index in [2.05, 4.69) is 11.9 Å². The van der Waals surface area contributed by atoms with Crippen LogP contribution in [-0.2, 0) is 0 Å². The molecule has 0 saturated carbocycles. The van der Waals surface area contributed by atoms with Crippen molar-refractivity contribution in [2.45, 2.75) is 51.9 Å². The van der Waals surface area contributed by atoms with E-state index >= 15 is 0 Å². The van der Waals surface area contributed by atoms with Crippen molar-refractivity contribution in [2.75, 3.05) is 12.3 Å². The van der Waals surface area contributed by atoms with Crippen molar-refractivity contribution in [2.24, 2.45) is 0 Å². The second-order valence-electron chi connectivity index (χ2n) is 5.54. The summed E-state index contributed by atoms with van der Waals surface area (Å²) in [4.78, 5) is 4.34. The quantitative estimate of drug-likeness (QED) is 0.587. The van der Waals surface area contributed by atoms with Crippen LogP contribution in [0.4, 0.5) is 5.13 Å². The molecule has 0 radical (unpaired) electrons. The Bertz CT molecular complexity index is 554. The van der Waals surface area contributed by atoms with Crippen molar-refractivity contribution in [3.05, 3.63) is 29.6 Å². The lowest BCUT2D eigenvalue weighted by molar-refractivity contribution is 0.305. The molecule has 4 heteroatoms. The average molecular weight is 318 g/mol. The fourth-order valence-corrected chi connectivity index (χ4v) is 3.02. The number of anilines is 1. The third kappa shape index (κ3) is 5.34. The largest absolute Gasteiger partial charge is 0.493 e. The van der Waals surface area contributed by atoms with Crippen LogP contribution in [0.2, 0.25) is 0 Å². The number of para-hydroxylation sites is 1. The van der Waals surface area contributed by atoms with E-state index in [1.54, 1.807) is 0 Å². The van der Waals surface area contributed by atoms with Crippen LogP contribution in [0.5, 0.6) is 5.75 Å². The average Bonchev–Trinajstić information content (AvgIpc) is 2.97. The standard InChI is InChI=1S/C18H26N2OS/c1-2-3-4-5-6-7-10-13-21-17-12-9-8-11-15(17)16-14-22-18(19)20-16/h8-9,11-12,14H,2-7,10,13H2,1H3,(H2,19,20). The summed E-state index contributed by atoms with van der Waals surface area (Å²) in [5.41, 5.74) is 7.65. The highest BCUT2D eigenvalue weighted by Crippen LogP contribution is 2.31. The predicted molar refractivity (Wildman–Crippen MR) is 95.5 cm³/mol. The number of nitrogen functional groups attached to an aromatic ring is 1. The summed E-state index contributed by atoms with van der Waals surface area (Å²) in [7, 11) is 0. The van der Waals surface area contributed by atoms with Crippen molar-refractivity contribution < 1.29 is 4.74 Å². The van der Waals surface area contributed by atoms with Crippen molar-refractivity contribution in [3.63, 3.8) is 0 Å². The highest BCUT2D eigenvalue weighted by atomic mass is 32.1. The first-order valence-corrected chi connectivity index (χ1v) is 9.12.